The van der Waals surface area contributed by atoms with E-state index in [1.54, 1.807) is 0 Å². The molecule has 1 aromatic rings. The number of hydrogen-bond donors (Lipinski definition) is 0. The van der Waals surface area contributed by atoms with E-state index >= 15 is 0 Å². The lowest BCUT2D eigenvalue weighted by molar-refractivity contribution is -0.391. The summed E-state index contributed by atoms with van der Waals surface area (Å²) in [5.74, 6) is -0.803. The summed E-state index contributed by atoms with van der Waals surface area (Å²) in [5, 5.41) is 10.7. The minimum atomic E-state index is -2.92. The Bertz CT molecular complexity index is 401. The highest BCUT2D eigenvalue weighted by molar-refractivity contribution is 9.10. The summed E-state index contributed by atoms with van der Waals surface area (Å²) in [5.41, 5.74) is -0.373. The van der Waals surface area contributed by atoms with Crippen LogP contribution in [0.4, 0.5) is 14.6 Å². The SMILES string of the molecule is O=[N+]([O-])c1nc(CBr)c(Br)cc1C(F)F. The molecule has 1 aromatic heterocycles. The van der Waals surface area contributed by atoms with E-state index in [1.165, 1.54) is 0 Å². The molecule has 0 spiro atoms. The Hall–Kier alpha value is -0.630. The van der Waals surface area contributed by atoms with Crippen molar-refractivity contribution in [3.05, 3.63) is 31.9 Å². The molecule has 0 amide bonds. The molecule has 0 unspecified atom stereocenters. The first-order valence-corrected chi connectivity index (χ1v) is 5.56. The molecule has 82 valence electrons. The van der Waals surface area contributed by atoms with Gasteiger partial charge < -0.3 is 10.1 Å². The van der Waals surface area contributed by atoms with Crippen LogP contribution in [-0.4, -0.2) is 9.91 Å². The molecule has 0 N–H and O–H groups in total. The van der Waals surface area contributed by atoms with Crippen LogP contribution < -0.4 is 0 Å². The third kappa shape index (κ3) is 2.69. The molecule has 0 bridgehead atoms. The lowest BCUT2D eigenvalue weighted by Gasteiger charge is -2.03. The van der Waals surface area contributed by atoms with Crippen LogP contribution in [0, 0.1) is 10.1 Å². The Morgan fingerprint density at radius 2 is 2.20 bits per heavy atom. The fourth-order valence-corrected chi connectivity index (χ4v) is 2.21. The molecule has 1 heterocycles. The van der Waals surface area contributed by atoms with Gasteiger partial charge in [0, 0.05) is 0 Å². The van der Waals surface area contributed by atoms with Gasteiger partial charge in [0.1, 0.15) is 5.56 Å². The standard InChI is InChI=1S/C7H4Br2F2N2O2/c8-2-5-4(9)1-3(6(10)11)7(12-5)13(14)15/h1,6H,2H2. The van der Waals surface area contributed by atoms with Gasteiger partial charge in [0.2, 0.25) is 0 Å². The van der Waals surface area contributed by atoms with E-state index in [0.29, 0.717) is 10.2 Å². The van der Waals surface area contributed by atoms with Crippen molar-refractivity contribution in [2.75, 3.05) is 0 Å². The first kappa shape index (κ1) is 12.4. The second-order valence-corrected chi connectivity index (χ2v) is 3.94. The second kappa shape index (κ2) is 4.93. The van der Waals surface area contributed by atoms with Gasteiger partial charge >= 0.3 is 5.82 Å². The van der Waals surface area contributed by atoms with E-state index in [0.717, 1.165) is 6.07 Å². The molecule has 0 saturated carbocycles. The average molecular weight is 346 g/mol. The Kier molecular flexibility index (Phi) is 4.09. The highest BCUT2D eigenvalue weighted by atomic mass is 79.9. The summed E-state index contributed by atoms with van der Waals surface area (Å²) in [7, 11) is 0. The van der Waals surface area contributed by atoms with Gasteiger partial charge in [0.25, 0.3) is 6.43 Å². The van der Waals surface area contributed by atoms with Gasteiger partial charge in [0.05, 0.1) is 9.80 Å². The van der Waals surface area contributed by atoms with E-state index in [-0.39, 0.29) is 5.33 Å². The maximum atomic E-state index is 12.4. The molecule has 0 saturated heterocycles. The zero-order valence-electron chi connectivity index (χ0n) is 7.08. The first-order chi connectivity index (χ1) is 6.97. The summed E-state index contributed by atoms with van der Waals surface area (Å²) in [6.45, 7) is 0. The Morgan fingerprint density at radius 3 is 2.60 bits per heavy atom. The molecule has 1 rings (SSSR count). The minimum absolute atomic E-state index is 0.248. The van der Waals surface area contributed by atoms with Gasteiger partial charge in [-0.05, 0) is 31.9 Å². The number of nitro groups is 1. The van der Waals surface area contributed by atoms with Crippen molar-refractivity contribution in [1.29, 1.82) is 0 Å². The van der Waals surface area contributed by atoms with Crippen LogP contribution in [0.3, 0.4) is 0 Å². The molecule has 15 heavy (non-hydrogen) atoms. The van der Waals surface area contributed by atoms with E-state index in [9.17, 15) is 18.9 Å². The predicted octanol–water partition coefficient (Wildman–Crippen LogP) is 3.58. The van der Waals surface area contributed by atoms with E-state index < -0.39 is 22.7 Å². The summed E-state index contributed by atoms with van der Waals surface area (Å²) in [6, 6.07) is 1.02. The molecule has 8 heteroatoms. The molecule has 0 aliphatic carbocycles. The molecule has 4 nitrogen and oxygen atoms in total. The second-order valence-electron chi connectivity index (χ2n) is 2.52. The van der Waals surface area contributed by atoms with Gasteiger partial charge in [-0.2, -0.15) is 0 Å². The minimum Gasteiger partial charge on any atom is -0.358 e. The third-order valence-electron chi connectivity index (χ3n) is 1.59. The lowest BCUT2D eigenvalue weighted by Crippen LogP contribution is -2.02. The predicted molar refractivity (Wildman–Crippen MR) is 56.2 cm³/mol. The molecular weight excluding hydrogens is 342 g/mol. The lowest BCUT2D eigenvalue weighted by atomic mass is 10.2. The summed E-state index contributed by atoms with van der Waals surface area (Å²) >= 11 is 6.06. The van der Waals surface area contributed by atoms with Gasteiger partial charge in [-0.15, -0.1) is 0 Å². The maximum absolute atomic E-state index is 12.4. The molecule has 0 radical (unpaired) electrons. The van der Waals surface area contributed by atoms with Crippen LogP contribution in [0.15, 0.2) is 10.5 Å². The normalized spacial score (nSPS) is 10.7. The summed E-state index contributed by atoms with van der Waals surface area (Å²) < 4.78 is 25.2. The fourth-order valence-electron chi connectivity index (χ4n) is 0.931. The van der Waals surface area contributed by atoms with Gasteiger partial charge in [-0.25, -0.2) is 8.78 Å². The largest absolute Gasteiger partial charge is 0.372 e. The van der Waals surface area contributed by atoms with E-state index in [4.69, 9.17) is 0 Å². The number of hydrogen-bond acceptors (Lipinski definition) is 3. The Balaban J connectivity index is 3.39. The van der Waals surface area contributed by atoms with Crippen LogP contribution in [0.5, 0.6) is 0 Å². The topological polar surface area (TPSA) is 56.0 Å². The van der Waals surface area contributed by atoms with Crippen molar-refractivity contribution in [2.24, 2.45) is 0 Å². The summed E-state index contributed by atoms with van der Waals surface area (Å²) in [4.78, 5) is 13.1. The van der Waals surface area contributed by atoms with Crippen molar-refractivity contribution in [2.45, 2.75) is 11.8 Å². The van der Waals surface area contributed by atoms with Gasteiger partial charge in [-0.1, -0.05) is 15.9 Å². The zero-order valence-corrected chi connectivity index (χ0v) is 10.3. The van der Waals surface area contributed by atoms with Crippen molar-refractivity contribution in [3.8, 4) is 0 Å². The van der Waals surface area contributed by atoms with Crippen molar-refractivity contribution in [3.63, 3.8) is 0 Å². The fraction of sp³-hybridized carbons (Fsp3) is 0.286. The average Bonchev–Trinajstić information content (AvgIpc) is 2.16. The number of pyridine rings is 1. The smallest absolute Gasteiger partial charge is 0.358 e. The molecule has 0 atom stereocenters. The Morgan fingerprint density at radius 1 is 1.60 bits per heavy atom. The number of halogens is 4. The van der Waals surface area contributed by atoms with Crippen LogP contribution in [0.25, 0.3) is 0 Å². The van der Waals surface area contributed by atoms with Crippen molar-refractivity contribution >= 4 is 37.7 Å². The number of nitrogens with zero attached hydrogens (tertiary/aromatic N) is 2. The highest BCUT2D eigenvalue weighted by Crippen LogP contribution is 2.31. The van der Waals surface area contributed by atoms with Gasteiger partial charge in [0.15, 0.2) is 5.69 Å². The van der Waals surface area contributed by atoms with Crippen LogP contribution in [0.2, 0.25) is 0 Å². The molecule has 0 fully saturated rings. The van der Waals surface area contributed by atoms with Crippen LogP contribution >= 0.6 is 31.9 Å². The Labute approximate surface area is 100 Å². The number of aromatic nitrogens is 1. The zero-order chi connectivity index (χ0) is 11.6. The molecule has 0 aromatic carbocycles. The van der Waals surface area contributed by atoms with Crippen molar-refractivity contribution < 1.29 is 13.7 Å². The monoisotopic (exact) mass is 344 g/mol. The van der Waals surface area contributed by atoms with E-state index in [1.807, 2.05) is 0 Å². The first-order valence-electron chi connectivity index (χ1n) is 3.65. The molecular formula is C7H4Br2F2N2O2. The third-order valence-corrected chi connectivity index (χ3v) is 2.81. The molecule has 0 aliphatic heterocycles. The highest BCUT2D eigenvalue weighted by Gasteiger charge is 2.26. The van der Waals surface area contributed by atoms with Crippen molar-refractivity contribution in [1.82, 2.24) is 4.98 Å². The van der Waals surface area contributed by atoms with Gasteiger partial charge in [-0.3, -0.25) is 0 Å². The van der Waals surface area contributed by atoms with Crippen LogP contribution in [-0.2, 0) is 5.33 Å². The van der Waals surface area contributed by atoms with Crippen LogP contribution in [0.1, 0.15) is 17.7 Å². The quantitative estimate of drug-likeness (QED) is 0.478. The maximum Gasteiger partial charge on any atom is 0.372 e. The number of rotatable bonds is 3. The summed E-state index contributed by atoms with van der Waals surface area (Å²) in [6.07, 6.45) is -2.92. The number of alkyl halides is 3. The van der Waals surface area contributed by atoms with E-state index in [2.05, 4.69) is 36.8 Å². The molecule has 0 aliphatic rings.